The van der Waals surface area contributed by atoms with Crippen LogP contribution < -0.4 is 11.0 Å². The molecule has 1 saturated heterocycles. The van der Waals surface area contributed by atoms with E-state index in [0.29, 0.717) is 5.95 Å². The first-order chi connectivity index (χ1) is 15.6. The van der Waals surface area contributed by atoms with E-state index in [-0.39, 0.29) is 11.7 Å². The molecule has 5 heterocycles. The van der Waals surface area contributed by atoms with Gasteiger partial charge in [0.15, 0.2) is 5.65 Å². The highest BCUT2D eigenvalue weighted by Crippen LogP contribution is 2.30. The van der Waals surface area contributed by atoms with Gasteiger partial charge in [0.25, 0.3) is 0 Å². The van der Waals surface area contributed by atoms with Crippen LogP contribution in [-0.2, 0) is 13.0 Å². The van der Waals surface area contributed by atoms with E-state index in [1.54, 1.807) is 0 Å². The number of fused-ring (bicyclic) bond motifs is 1. The van der Waals surface area contributed by atoms with Crippen LogP contribution in [0.5, 0.6) is 0 Å². The van der Waals surface area contributed by atoms with Gasteiger partial charge >= 0.3 is 5.69 Å². The molecule has 0 bridgehead atoms. The number of aromatic nitrogens is 5. The third-order valence-corrected chi connectivity index (χ3v) is 6.92. The Labute approximate surface area is 185 Å². The number of aryl methyl sites for hydroxylation is 3. The summed E-state index contributed by atoms with van der Waals surface area (Å²) in [7, 11) is 2.14. The average Bonchev–Trinajstić information content (AvgIpc) is 3.08. The fourth-order valence-corrected chi connectivity index (χ4v) is 5.15. The minimum Gasteiger partial charge on any atom is -0.324 e. The molecule has 3 aromatic heterocycles. The molecule has 0 aliphatic carbocycles. The van der Waals surface area contributed by atoms with Crippen LogP contribution >= 0.6 is 0 Å². The molecular weight excluding hydrogens is 402 g/mol. The van der Waals surface area contributed by atoms with E-state index in [2.05, 4.69) is 47.4 Å². The number of nitrogens with zero attached hydrogens (tertiary/aromatic N) is 6. The van der Waals surface area contributed by atoms with Crippen molar-refractivity contribution >= 4 is 33.7 Å². The highest BCUT2D eigenvalue weighted by atomic mass is 16.1. The van der Waals surface area contributed by atoms with E-state index < -0.39 is 0 Å². The Kier molecular flexibility index (Phi) is 4.50. The lowest BCUT2D eigenvalue weighted by atomic mass is 10.1. The summed E-state index contributed by atoms with van der Waals surface area (Å²) in [5.41, 5.74) is 5.74. The number of nitrogens with one attached hydrogen (secondary N) is 1. The molecule has 0 amide bonds. The number of imidazole rings is 1. The average molecular weight is 430 g/mol. The van der Waals surface area contributed by atoms with Crippen molar-refractivity contribution in [2.24, 2.45) is 0 Å². The summed E-state index contributed by atoms with van der Waals surface area (Å²) < 4.78 is 3.84. The first-order valence-electron chi connectivity index (χ1n) is 11.4. The molecule has 1 aromatic carbocycles. The maximum Gasteiger partial charge on any atom is 0.330 e. The van der Waals surface area contributed by atoms with Gasteiger partial charge in [-0.15, -0.1) is 0 Å². The normalized spacial score (nSPS) is 17.3. The zero-order valence-corrected chi connectivity index (χ0v) is 18.5. The maximum atomic E-state index is 13.4. The van der Waals surface area contributed by atoms with E-state index in [0.717, 1.165) is 84.3 Å². The molecule has 4 aromatic rings. The zero-order chi connectivity index (χ0) is 21.8. The summed E-state index contributed by atoms with van der Waals surface area (Å²) >= 11 is 0. The van der Waals surface area contributed by atoms with Crippen molar-refractivity contribution in [3.63, 3.8) is 0 Å². The maximum absolute atomic E-state index is 13.4. The van der Waals surface area contributed by atoms with Gasteiger partial charge in [0.1, 0.15) is 5.52 Å². The second-order valence-electron chi connectivity index (χ2n) is 9.10. The molecule has 164 valence electrons. The number of hydrogen-bond donors (Lipinski definition) is 1. The van der Waals surface area contributed by atoms with Crippen molar-refractivity contribution < 1.29 is 0 Å². The van der Waals surface area contributed by atoms with Gasteiger partial charge in [-0.25, -0.2) is 9.78 Å². The molecule has 6 rings (SSSR count). The van der Waals surface area contributed by atoms with Gasteiger partial charge in [0.05, 0.1) is 11.2 Å². The minimum atomic E-state index is 0.0647. The van der Waals surface area contributed by atoms with Crippen molar-refractivity contribution in [2.75, 3.05) is 25.5 Å². The third kappa shape index (κ3) is 3.09. The van der Waals surface area contributed by atoms with Crippen LogP contribution in [0.3, 0.4) is 0 Å². The molecule has 0 spiro atoms. The highest BCUT2D eigenvalue weighted by Gasteiger charge is 2.28. The van der Waals surface area contributed by atoms with Crippen LogP contribution in [0.25, 0.3) is 22.1 Å². The van der Waals surface area contributed by atoms with Crippen LogP contribution in [0.4, 0.5) is 11.6 Å². The Morgan fingerprint density at radius 2 is 1.97 bits per heavy atom. The molecule has 1 fully saturated rings. The molecular formula is C24H27N7O. The van der Waals surface area contributed by atoms with Gasteiger partial charge in [-0.1, -0.05) is 6.07 Å². The number of benzene rings is 1. The lowest BCUT2D eigenvalue weighted by Gasteiger charge is -2.29. The second-order valence-corrected chi connectivity index (χ2v) is 9.10. The van der Waals surface area contributed by atoms with Crippen LogP contribution in [0.1, 0.15) is 36.6 Å². The molecule has 0 unspecified atom stereocenters. The van der Waals surface area contributed by atoms with Gasteiger partial charge in [-0.2, -0.15) is 4.98 Å². The van der Waals surface area contributed by atoms with Gasteiger partial charge in [0, 0.05) is 29.9 Å². The number of piperidine rings is 1. The number of likely N-dealkylation sites (tertiary alicyclic amines) is 1. The van der Waals surface area contributed by atoms with Crippen LogP contribution in [0, 0.1) is 6.92 Å². The Morgan fingerprint density at radius 1 is 1.12 bits per heavy atom. The SMILES string of the molecule is Cc1cc2ncccc2cc1Nc1nc2c3c(n1)n(C1CCN(C)CC1)c(=O)n3CCC2. The standard InChI is InChI=1S/C24H27N7O/c1-15-13-20-16(5-3-9-25-20)14-19(15)27-23-26-18-6-4-10-30-21(18)22(28-23)31(24(30)32)17-7-11-29(2)12-8-17/h3,5,9,13-14,17H,4,6-8,10-12H2,1-2H3,(H,26,27,28). The summed E-state index contributed by atoms with van der Waals surface area (Å²) in [5.74, 6) is 0.555. The summed E-state index contributed by atoms with van der Waals surface area (Å²) in [6.45, 7) is 4.80. The fourth-order valence-electron chi connectivity index (χ4n) is 5.15. The Morgan fingerprint density at radius 3 is 2.81 bits per heavy atom. The summed E-state index contributed by atoms with van der Waals surface area (Å²) in [5, 5.41) is 4.51. The Balaban J connectivity index is 1.47. The molecule has 0 radical (unpaired) electrons. The van der Waals surface area contributed by atoms with E-state index in [9.17, 15) is 4.79 Å². The number of hydrogen-bond acceptors (Lipinski definition) is 6. The van der Waals surface area contributed by atoms with E-state index in [1.807, 2.05) is 21.4 Å². The number of anilines is 2. The monoisotopic (exact) mass is 429 g/mol. The number of pyridine rings is 1. The van der Waals surface area contributed by atoms with Gasteiger partial charge in [-0.05, 0) is 76.5 Å². The first kappa shape index (κ1) is 19.4. The largest absolute Gasteiger partial charge is 0.330 e. The van der Waals surface area contributed by atoms with Crippen molar-refractivity contribution in [3.8, 4) is 0 Å². The quantitative estimate of drug-likeness (QED) is 0.538. The molecule has 8 heteroatoms. The van der Waals surface area contributed by atoms with Crippen molar-refractivity contribution in [1.29, 1.82) is 0 Å². The van der Waals surface area contributed by atoms with Gasteiger partial charge in [0.2, 0.25) is 5.95 Å². The lowest BCUT2D eigenvalue weighted by Crippen LogP contribution is -2.36. The van der Waals surface area contributed by atoms with E-state index in [1.165, 1.54) is 0 Å². The van der Waals surface area contributed by atoms with Crippen LogP contribution in [0.15, 0.2) is 35.3 Å². The van der Waals surface area contributed by atoms with Crippen LogP contribution in [-0.4, -0.2) is 49.1 Å². The Hall–Kier alpha value is -3.26. The van der Waals surface area contributed by atoms with Crippen molar-refractivity contribution in [3.05, 3.63) is 52.2 Å². The fraction of sp³-hybridized carbons (Fsp3) is 0.417. The number of rotatable bonds is 3. The van der Waals surface area contributed by atoms with E-state index >= 15 is 0 Å². The smallest absolute Gasteiger partial charge is 0.324 e. The predicted octanol–water partition coefficient (Wildman–Crippen LogP) is 3.41. The summed E-state index contributed by atoms with van der Waals surface area (Å²) in [6.07, 6.45) is 5.54. The molecule has 2 aliphatic heterocycles. The van der Waals surface area contributed by atoms with Crippen molar-refractivity contribution in [1.82, 2.24) is 29.0 Å². The zero-order valence-electron chi connectivity index (χ0n) is 18.5. The third-order valence-electron chi connectivity index (χ3n) is 6.92. The molecule has 2 aliphatic rings. The van der Waals surface area contributed by atoms with Gasteiger partial charge < -0.3 is 10.2 Å². The summed E-state index contributed by atoms with van der Waals surface area (Å²) in [4.78, 5) is 29.9. The summed E-state index contributed by atoms with van der Waals surface area (Å²) in [6, 6.07) is 8.34. The molecule has 0 saturated carbocycles. The Bertz CT molecular complexity index is 1400. The molecule has 32 heavy (non-hydrogen) atoms. The van der Waals surface area contributed by atoms with Crippen LogP contribution in [0.2, 0.25) is 0 Å². The molecule has 8 nitrogen and oxygen atoms in total. The lowest BCUT2D eigenvalue weighted by molar-refractivity contribution is 0.220. The van der Waals surface area contributed by atoms with Crippen molar-refractivity contribution in [2.45, 2.75) is 45.2 Å². The highest BCUT2D eigenvalue weighted by molar-refractivity contribution is 5.85. The topological polar surface area (TPSA) is 80.9 Å². The first-order valence-corrected chi connectivity index (χ1v) is 11.4. The second kappa shape index (κ2) is 7.41. The molecule has 1 N–H and O–H groups in total. The van der Waals surface area contributed by atoms with Gasteiger partial charge in [-0.3, -0.25) is 14.1 Å². The van der Waals surface area contributed by atoms with E-state index in [4.69, 9.17) is 9.97 Å². The minimum absolute atomic E-state index is 0.0647. The molecule has 0 atom stereocenters. The predicted molar refractivity (Wildman–Crippen MR) is 126 cm³/mol.